The maximum absolute atomic E-state index is 12.6. The summed E-state index contributed by atoms with van der Waals surface area (Å²) in [5.74, 6) is -1.47. The first-order valence-electron chi connectivity index (χ1n) is 8.06. The molecular formula is C18H27NO3. The van der Waals surface area contributed by atoms with Crippen molar-refractivity contribution in [3.63, 3.8) is 0 Å². The molecule has 1 amide bonds. The molecule has 1 rings (SSSR count). The molecule has 0 saturated carbocycles. The minimum atomic E-state index is -0.845. The molecule has 0 fully saturated rings. The van der Waals surface area contributed by atoms with E-state index in [2.05, 4.69) is 19.2 Å². The predicted octanol–water partition coefficient (Wildman–Crippen LogP) is 3.43. The Labute approximate surface area is 132 Å². The van der Waals surface area contributed by atoms with Crippen LogP contribution in [0, 0.1) is 11.8 Å². The number of hydrogen-bond donors (Lipinski definition) is 2. The molecule has 4 nitrogen and oxygen atoms in total. The van der Waals surface area contributed by atoms with E-state index in [4.69, 9.17) is 0 Å². The van der Waals surface area contributed by atoms with Crippen LogP contribution in [0.4, 0.5) is 0 Å². The Balaban J connectivity index is 2.79. The molecule has 0 spiro atoms. The fourth-order valence-corrected chi connectivity index (χ4v) is 2.63. The molecule has 2 N–H and O–H groups in total. The number of carboxylic acids is 1. The Kier molecular flexibility index (Phi) is 7.64. The van der Waals surface area contributed by atoms with Crippen molar-refractivity contribution in [2.45, 2.75) is 46.0 Å². The van der Waals surface area contributed by atoms with E-state index in [0.717, 1.165) is 18.4 Å². The van der Waals surface area contributed by atoms with Gasteiger partial charge in [0.05, 0.1) is 11.8 Å². The molecule has 4 heteroatoms. The molecule has 0 heterocycles. The minimum absolute atomic E-state index is 0.0806. The van der Waals surface area contributed by atoms with Crippen LogP contribution in [0.25, 0.3) is 0 Å². The first-order chi connectivity index (χ1) is 10.5. The van der Waals surface area contributed by atoms with Gasteiger partial charge >= 0.3 is 5.97 Å². The summed E-state index contributed by atoms with van der Waals surface area (Å²) in [6, 6.07) is 9.69. The minimum Gasteiger partial charge on any atom is -0.481 e. The number of amides is 1. The lowest BCUT2D eigenvalue weighted by Crippen LogP contribution is -2.37. The molecule has 3 atom stereocenters. The van der Waals surface area contributed by atoms with Gasteiger partial charge in [-0.15, -0.1) is 0 Å². The van der Waals surface area contributed by atoms with Crippen LogP contribution < -0.4 is 5.32 Å². The largest absolute Gasteiger partial charge is 0.481 e. The topological polar surface area (TPSA) is 66.4 Å². The summed E-state index contributed by atoms with van der Waals surface area (Å²) in [5, 5.41) is 12.0. The van der Waals surface area contributed by atoms with E-state index in [1.807, 2.05) is 37.3 Å². The average Bonchev–Trinajstić information content (AvgIpc) is 2.52. The van der Waals surface area contributed by atoms with E-state index in [9.17, 15) is 14.7 Å². The number of nitrogens with one attached hydrogen (secondary N) is 1. The molecule has 1 aromatic carbocycles. The monoisotopic (exact) mass is 305 g/mol. The zero-order valence-corrected chi connectivity index (χ0v) is 13.7. The maximum atomic E-state index is 12.6. The van der Waals surface area contributed by atoms with Crippen molar-refractivity contribution in [1.82, 2.24) is 5.32 Å². The molecule has 0 aliphatic rings. The number of carboxylic acid groups (broad SMARTS) is 1. The van der Waals surface area contributed by atoms with Gasteiger partial charge in [-0.2, -0.15) is 0 Å². The molecule has 22 heavy (non-hydrogen) atoms. The molecule has 122 valence electrons. The van der Waals surface area contributed by atoms with Crippen molar-refractivity contribution < 1.29 is 14.7 Å². The smallest absolute Gasteiger partial charge is 0.308 e. The van der Waals surface area contributed by atoms with E-state index >= 15 is 0 Å². The molecule has 1 aromatic rings. The lowest BCUT2D eigenvalue weighted by molar-refractivity contribution is -0.142. The van der Waals surface area contributed by atoms with Gasteiger partial charge in [-0.25, -0.2) is 0 Å². The van der Waals surface area contributed by atoms with Gasteiger partial charge in [0.15, 0.2) is 0 Å². The number of benzene rings is 1. The zero-order valence-electron chi connectivity index (χ0n) is 13.7. The van der Waals surface area contributed by atoms with Crippen LogP contribution >= 0.6 is 0 Å². The van der Waals surface area contributed by atoms with Gasteiger partial charge in [-0.05, 0) is 17.9 Å². The van der Waals surface area contributed by atoms with E-state index in [-0.39, 0.29) is 24.3 Å². The predicted molar refractivity (Wildman–Crippen MR) is 87.7 cm³/mol. The van der Waals surface area contributed by atoms with Gasteiger partial charge in [0.2, 0.25) is 5.91 Å². The number of carbonyl (C=O) groups excluding carboxylic acids is 1. The third kappa shape index (κ3) is 5.17. The highest BCUT2D eigenvalue weighted by Gasteiger charge is 2.27. The fraction of sp³-hybridized carbons (Fsp3) is 0.556. The van der Waals surface area contributed by atoms with Crippen molar-refractivity contribution in [2.24, 2.45) is 11.8 Å². The van der Waals surface area contributed by atoms with Crippen LogP contribution in [-0.2, 0) is 9.59 Å². The molecule has 0 aliphatic carbocycles. The Morgan fingerprint density at radius 3 is 2.32 bits per heavy atom. The van der Waals surface area contributed by atoms with Gasteiger partial charge in [0.1, 0.15) is 0 Å². The van der Waals surface area contributed by atoms with Crippen LogP contribution in [0.1, 0.15) is 51.5 Å². The number of hydrogen-bond acceptors (Lipinski definition) is 2. The summed E-state index contributed by atoms with van der Waals surface area (Å²) >= 11 is 0. The molecule has 0 bridgehead atoms. The van der Waals surface area contributed by atoms with Crippen molar-refractivity contribution in [1.29, 1.82) is 0 Å². The highest BCUT2D eigenvalue weighted by atomic mass is 16.4. The van der Waals surface area contributed by atoms with Gasteiger partial charge in [0.25, 0.3) is 0 Å². The Morgan fingerprint density at radius 2 is 1.82 bits per heavy atom. The van der Waals surface area contributed by atoms with Crippen molar-refractivity contribution in [3.05, 3.63) is 35.9 Å². The zero-order chi connectivity index (χ0) is 16.5. The number of aliphatic carboxylic acids is 1. The first kappa shape index (κ1) is 18.2. The average molecular weight is 305 g/mol. The highest BCUT2D eigenvalue weighted by Crippen LogP contribution is 2.27. The summed E-state index contributed by atoms with van der Waals surface area (Å²) in [7, 11) is 0. The van der Waals surface area contributed by atoms with Crippen molar-refractivity contribution >= 4 is 11.9 Å². The second-order valence-corrected chi connectivity index (χ2v) is 5.84. The number of carbonyl (C=O) groups is 2. The lowest BCUT2D eigenvalue weighted by atomic mass is 9.84. The second-order valence-electron chi connectivity index (χ2n) is 5.84. The third-order valence-corrected chi connectivity index (χ3v) is 4.16. The SMILES string of the molecule is CCCC(CNC(=O)C(c1ccccc1)C(C)CC)C(=O)O. The summed E-state index contributed by atoms with van der Waals surface area (Å²) in [6.07, 6.45) is 2.26. The van der Waals surface area contributed by atoms with Gasteiger partial charge in [-0.1, -0.05) is 63.9 Å². The van der Waals surface area contributed by atoms with E-state index in [1.165, 1.54) is 0 Å². The quantitative estimate of drug-likeness (QED) is 0.734. The maximum Gasteiger partial charge on any atom is 0.308 e. The number of rotatable bonds is 9. The summed E-state index contributed by atoms with van der Waals surface area (Å²) in [5.41, 5.74) is 0.983. The second kappa shape index (κ2) is 9.23. The van der Waals surface area contributed by atoms with Crippen molar-refractivity contribution in [2.75, 3.05) is 6.54 Å². The molecular weight excluding hydrogens is 278 g/mol. The van der Waals surface area contributed by atoms with Crippen LogP contribution in [0.3, 0.4) is 0 Å². The van der Waals surface area contributed by atoms with Gasteiger partial charge in [0, 0.05) is 6.54 Å². The van der Waals surface area contributed by atoms with E-state index in [1.54, 1.807) is 0 Å². The molecule has 0 radical (unpaired) electrons. The summed E-state index contributed by atoms with van der Waals surface area (Å²) < 4.78 is 0. The fourth-order valence-electron chi connectivity index (χ4n) is 2.63. The Bertz CT molecular complexity index is 472. The third-order valence-electron chi connectivity index (χ3n) is 4.16. The van der Waals surface area contributed by atoms with Crippen LogP contribution in [0.2, 0.25) is 0 Å². The first-order valence-corrected chi connectivity index (χ1v) is 8.06. The summed E-state index contributed by atoms with van der Waals surface area (Å²) in [6.45, 7) is 6.26. The normalized spacial score (nSPS) is 14.9. The van der Waals surface area contributed by atoms with E-state index in [0.29, 0.717) is 6.42 Å². The Hall–Kier alpha value is -1.84. The highest BCUT2D eigenvalue weighted by molar-refractivity contribution is 5.84. The summed E-state index contributed by atoms with van der Waals surface area (Å²) in [4.78, 5) is 23.8. The van der Waals surface area contributed by atoms with Crippen LogP contribution in [0.15, 0.2) is 30.3 Å². The van der Waals surface area contributed by atoms with Crippen LogP contribution in [0.5, 0.6) is 0 Å². The van der Waals surface area contributed by atoms with E-state index < -0.39 is 11.9 Å². The molecule has 3 unspecified atom stereocenters. The van der Waals surface area contributed by atoms with Crippen molar-refractivity contribution in [3.8, 4) is 0 Å². The van der Waals surface area contributed by atoms with Gasteiger partial charge < -0.3 is 10.4 Å². The lowest BCUT2D eigenvalue weighted by Gasteiger charge is -2.23. The molecule has 0 saturated heterocycles. The van der Waals surface area contributed by atoms with Crippen LogP contribution in [-0.4, -0.2) is 23.5 Å². The molecule has 0 aliphatic heterocycles. The Morgan fingerprint density at radius 1 is 1.18 bits per heavy atom. The standard InChI is InChI=1S/C18H27NO3/c1-4-9-15(18(21)22)12-19-17(20)16(13(3)5-2)14-10-7-6-8-11-14/h6-8,10-11,13,15-16H,4-5,9,12H2,1-3H3,(H,19,20)(H,21,22). The van der Waals surface area contributed by atoms with Gasteiger partial charge in [-0.3, -0.25) is 9.59 Å². The molecule has 0 aromatic heterocycles.